The van der Waals surface area contributed by atoms with Gasteiger partial charge in [-0.2, -0.15) is 0 Å². The number of carbonyl (C=O) groups is 2. The first-order valence-electron chi connectivity index (χ1n) is 9.85. The van der Waals surface area contributed by atoms with Crippen LogP contribution >= 0.6 is 23.1 Å². The second-order valence-corrected chi connectivity index (χ2v) is 9.62. The molecule has 1 aliphatic heterocycles. The molecule has 2 rings (SSSR count). The van der Waals surface area contributed by atoms with Gasteiger partial charge in [-0.05, 0) is 54.5 Å². The van der Waals surface area contributed by atoms with Crippen molar-refractivity contribution in [2.45, 2.75) is 64.5 Å². The molecule has 1 saturated heterocycles. The van der Waals surface area contributed by atoms with E-state index in [2.05, 4.69) is 6.92 Å². The van der Waals surface area contributed by atoms with E-state index >= 15 is 0 Å². The molecule has 156 valence electrons. The number of thioether (sulfide) groups is 1. The smallest absolute Gasteiger partial charge is 0.304 e. The number of hydrogen-bond acceptors (Lipinski definition) is 5. The summed E-state index contributed by atoms with van der Waals surface area (Å²) in [4.78, 5) is 26.3. The highest BCUT2D eigenvalue weighted by Crippen LogP contribution is 2.29. The first-order valence-corrected chi connectivity index (χ1v) is 11.8. The van der Waals surface area contributed by atoms with Crippen LogP contribution in [0.25, 0.3) is 0 Å². The van der Waals surface area contributed by atoms with Crippen LogP contribution in [0, 0.1) is 5.92 Å². The van der Waals surface area contributed by atoms with Gasteiger partial charge in [-0.1, -0.05) is 13.0 Å². The third kappa shape index (κ3) is 7.60. The summed E-state index contributed by atoms with van der Waals surface area (Å²) in [6, 6.07) is 4.19. The van der Waals surface area contributed by atoms with Crippen molar-refractivity contribution in [1.29, 1.82) is 0 Å². The summed E-state index contributed by atoms with van der Waals surface area (Å²) in [7, 11) is 0. The van der Waals surface area contributed by atoms with Crippen LogP contribution < -0.4 is 0 Å². The molecule has 0 saturated carbocycles. The topological polar surface area (TPSA) is 77.8 Å². The maximum atomic E-state index is 12.6. The van der Waals surface area contributed by atoms with Gasteiger partial charge >= 0.3 is 5.97 Å². The Morgan fingerprint density at radius 1 is 1.50 bits per heavy atom. The molecule has 0 bridgehead atoms. The zero-order valence-electron chi connectivity index (χ0n) is 16.7. The minimum atomic E-state index is -0.792. The summed E-state index contributed by atoms with van der Waals surface area (Å²) in [6.45, 7) is 4.70. The molecule has 3 atom stereocenters. The SMILES string of the molecule is C/C(=C/SCCC(=O)O)CN1C(=O)CCC[C@@H]1[C@@H](C)CC(O)Cc1cccs1. The van der Waals surface area contributed by atoms with Crippen LogP contribution in [0.5, 0.6) is 0 Å². The van der Waals surface area contributed by atoms with Crippen LogP contribution in [-0.4, -0.2) is 51.4 Å². The summed E-state index contributed by atoms with van der Waals surface area (Å²) in [5, 5.41) is 23.2. The second kappa shape index (κ2) is 11.6. The van der Waals surface area contributed by atoms with Gasteiger partial charge in [0.2, 0.25) is 5.91 Å². The molecular formula is C21H31NO4S2. The monoisotopic (exact) mass is 425 g/mol. The molecule has 1 aromatic heterocycles. The van der Waals surface area contributed by atoms with Gasteiger partial charge in [0.1, 0.15) is 0 Å². The Morgan fingerprint density at radius 3 is 2.96 bits per heavy atom. The first-order chi connectivity index (χ1) is 13.4. The van der Waals surface area contributed by atoms with Crippen LogP contribution in [0.4, 0.5) is 0 Å². The van der Waals surface area contributed by atoms with Crippen molar-refractivity contribution in [2.75, 3.05) is 12.3 Å². The number of carboxylic acid groups (broad SMARTS) is 1. The van der Waals surface area contributed by atoms with Crippen LogP contribution in [0.1, 0.15) is 50.8 Å². The molecule has 0 aromatic carbocycles. The van der Waals surface area contributed by atoms with Crippen molar-refractivity contribution in [3.05, 3.63) is 33.4 Å². The third-order valence-electron chi connectivity index (χ3n) is 5.07. The molecule has 5 nitrogen and oxygen atoms in total. The van der Waals surface area contributed by atoms with E-state index in [-0.39, 0.29) is 24.3 Å². The summed E-state index contributed by atoms with van der Waals surface area (Å²) in [6.07, 6.45) is 3.55. The Kier molecular flexibility index (Phi) is 9.55. The number of aliphatic hydroxyl groups is 1. The van der Waals surface area contributed by atoms with E-state index in [1.807, 2.05) is 34.7 Å². The van der Waals surface area contributed by atoms with Crippen LogP contribution in [0.2, 0.25) is 0 Å². The molecule has 0 spiro atoms. The van der Waals surface area contributed by atoms with Crippen molar-refractivity contribution in [3.63, 3.8) is 0 Å². The number of carboxylic acids is 1. The first kappa shape index (κ1) is 23.0. The molecule has 2 heterocycles. The minimum Gasteiger partial charge on any atom is -0.481 e. The number of hydrogen-bond donors (Lipinski definition) is 2. The molecule has 1 unspecified atom stereocenters. The number of amides is 1. The van der Waals surface area contributed by atoms with Gasteiger partial charge in [0.05, 0.1) is 12.5 Å². The molecule has 2 N–H and O–H groups in total. The van der Waals surface area contributed by atoms with Gasteiger partial charge in [-0.15, -0.1) is 23.1 Å². The molecule has 1 aromatic rings. The van der Waals surface area contributed by atoms with Gasteiger partial charge in [-0.25, -0.2) is 0 Å². The predicted molar refractivity (Wildman–Crippen MR) is 116 cm³/mol. The Labute approximate surface area is 175 Å². The van der Waals surface area contributed by atoms with E-state index in [1.165, 1.54) is 16.6 Å². The van der Waals surface area contributed by atoms with E-state index in [9.17, 15) is 14.7 Å². The van der Waals surface area contributed by atoms with Gasteiger partial charge < -0.3 is 15.1 Å². The number of thiophene rings is 1. The second-order valence-electron chi connectivity index (χ2n) is 7.61. The van der Waals surface area contributed by atoms with E-state index in [4.69, 9.17) is 5.11 Å². The van der Waals surface area contributed by atoms with Crippen molar-refractivity contribution in [3.8, 4) is 0 Å². The summed E-state index contributed by atoms with van der Waals surface area (Å²) in [5.74, 6) is 0.153. The maximum absolute atomic E-state index is 12.6. The van der Waals surface area contributed by atoms with E-state index in [0.29, 0.717) is 31.6 Å². The molecule has 28 heavy (non-hydrogen) atoms. The fraction of sp³-hybridized carbons (Fsp3) is 0.619. The summed E-state index contributed by atoms with van der Waals surface area (Å²) < 4.78 is 0. The molecule has 7 heteroatoms. The lowest BCUT2D eigenvalue weighted by atomic mass is 9.86. The molecule has 0 aliphatic carbocycles. The lowest BCUT2D eigenvalue weighted by Gasteiger charge is -2.40. The van der Waals surface area contributed by atoms with E-state index in [1.54, 1.807) is 11.3 Å². The Hall–Kier alpha value is -1.31. The largest absolute Gasteiger partial charge is 0.481 e. The fourth-order valence-corrected chi connectivity index (χ4v) is 5.27. The lowest BCUT2D eigenvalue weighted by Crippen LogP contribution is -2.48. The highest BCUT2D eigenvalue weighted by atomic mass is 32.2. The van der Waals surface area contributed by atoms with Gasteiger partial charge in [0.15, 0.2) is 0 Å². The number of nitrogens with zero attached hydrogens (tertiary/aromatic N) is 1. The molecule has 1 aliphatic rings. The zero-order chi connectivity index (χ0) is 20.5. The Morgan fingerprint density at radius 2 is 2.29 bits per heavy atom. The fourth-order valence-electron chi connectivity index (χ4n) is 3.73. The lowest BCUT2D eigenvalue weighted by molar-refractivity contribution is -0.138. The Bertz CT molecular complexity index is 659. The normalized spacial score (nSPS) is 20.2. The number of carbonyl (C=O) groups excluding carboxylic acids is 1. The number of aliphatic hydroxyl groups excluding tert-OH is 1. The number of rotatable bonds is 11. The molecule has 1 fully saturated rings. The van der Waals surface area contributed by atoms with Gasteiger partial charge in [0, 0.05) is 36.1 Å². The van der Waals surface area contributed by atoms with Gasteiger partial charge in [0.25, 0.3) is 0 Å². The van der Waals surface area contributed by atoms with E-state index < -0.39 is 12.1 Å². The summed E-state index contributed by atoms with van der Waals surface area (Å²) >= 11 is 3.15. The quantitative estimate of drug-likeness (QED) is 0.520. The van der Waals surface area contributed by atoms with Crippen LogP contribution in [-0.2, 0) is 16.0 Å². The number of likely N-dealkylation sites (tertiary alicyclic amines) is 1. The number of piperidine rings is 1. The predicted octanol–water partition coefficient (Wildman–Crippen LogP) is 4.17. The molecular weight excluding hydrogens is 394 g/mol. The molecule has 1 amide bonds. The summed E-state index contributed by atoms with van der Waals surface area (Å²) in [5.41, 5.74) is 1.07. The van der Waals surface area contributed by atoms with E-state index in [0.717, 1.165) is 18.4 Å². The van der Waals surface area contributed by atoms with Crippen molar-refractivity contribution in [1.82, 2.24) is 4.90 Å². The average Bonchev–Trinajstić information content (AvgIpc) is 3.13. The number of aliphatic carboxylic acids is 1. The maximum Gasteiger partial charge on any atom is 0.304 e. The van der Waals surface area contributed by atoms with Crippen molar-refractivity contribution < 1.29 is 19.8 Å². The third-order valence-corrected chi connectivity index (χ3v) is 6.97. The highest BCUT2D eigenvalue weighted by Gasteiger charge is 2.32. The van der Waals surface area contributed by atoms with Crippen molar-refractivity contribution in [2.24, 2.45) is 5.92 Å². The van der Waals surface area contributed by atoms with Gasteiger partial charge in [-0.3, -0.25) is 9.59 Å². The average molecular weight is 426 g/mol. The zero-order valence-corrected chi connectivity index (χ0v) is 18.3. The minimum absolute atomic E-state index is 0.138. The standard InChI is InChI=1S/C21H31NO4S2/c1-15(14-27-10-8-21(25)26)13-22-19(6-3-7-20(22)24)16(2)11-17(23)12-18-5-4-9-28-18/h4-5,9,14,16-17,19,23H,3,6-8,10-13H2,1-2H3,(H,25,26)/b15-14-/t16-,17?,19+/m0/s1. The van der Waals surface area contributed by atoms with Crippen LogP contribution in [0.15, 0.2) is 28.5 Å². The van der Waals surface area contributed by atoms with Crippen LogP contribution in [0.3, 0.4) is 0 Å². The molecule has 0 radical (unpaired) electrons. The highest BCUT2D eigenvalue weighted by molar-refractivity contribution is 8.02. The van der Waals surface area contributed by atoms with Crippen molar-refractivity contribution >= 4 is 35.0 Å². The Balaban J connectivity index is 1.91.